The average molecular weight is 653 g/mol. The molecule has 0 aliphatic carbocycles. The molecule has 3 heteroatoms. The Morgan fingerprint density at radius 1 is 0.333 bits per heavy atom. The summed E-state index contributed by atoms with van der Waals surface area (Å²) < 4.78 is 8.68. The van der Waals surface area contributed by atoms with Crippen LogP contribution in [0.1, 0.15) is 0 Å². The van der Waals surface area contributed by atoms with Gasteiger partial charge in [0.25, 0.3) is 0 Å². The van der Waals surface area contributed by atoms with Crippen molar-refractivity contribution in [2.24, 2.45) is 0 Å². The number of para-hydroxylation sites is 2. The minimum atomic E-state index is 0.911. The predicted octanol–water partition coefficient (Wildman–Crippen LogP) is 13.5. The third-order valence-corrected chi connectivity index (χ3v) is 10.0. The van der Waals surface area contributed by atoms with E-state index < -0.39 is 0 Å². The molecule has 0 atom stereocenters. The largest absolute Gasteiger partial charge is 0.456 e. The Morgan fingerprint density at radius 2 is 0.824 bits per heavy atom. The number of anilines is 3. The molecule has 0 saturated carbocycles. The van der Waals surface area contributed by atoms with Crippen LogP contribution in [-0.2, 0) is 0 Å². The zero-order valence-electron chi connectivity index (χ0n) is 27.8. The van der Waals surface area contributed by atoms with Crippen LogP contribution in [0.5, 0.6) is 0 Å². The number of fused-ring (bicyclic) bond motifs is 6. The predicted molar refractivity (Wildman–Crippen MR) is 214 cm³/mol. The molecule has 240 valence electrons. The van der Waals surface area contributed by atoms with Gasteiger partial charge in [0.15, 0.2) is 0 Å². The van der Waals surface area contributed by atoms with Crippen molar-refractivity contribution in [3.8, 4) is 27.9 Å². The van der Waals surface area contributed by atoms with Crippen molar-refractivity contribution in [2.75, 3.05) is 4.90 Å². The van der Waals surface area contributed by atoms with E-state index in [0.717, 1.165) is 50.2 Å². The van der Waals surface area contributed by atoms with Gasteiger partial charge >= 0.3 is 0 Å². The second kappa shape index (κ2) is 11.9. The lowest BCUT2D eigenvalue weighted by Crippen LogP contribution is -2.10. The normalized spacial score (nSPS) is 11.5. The highest BCUT2D eigenvalue weighted by atomic mass is 16.3. The van der Waals surface area contributed by atoms with Crippen LogP contribution in [-0.4, -0.2) is 4.57 Å². The molecule has 0 spiro atoms. The third-order valence-electron chi connectivity index (χ3n) is 10.0. The van der Waals surface area contributed by atoms with Gasteiger partial charge in [-0.05, 0) is 95.1 Å². The molecule has 0 radical (unpaired) electrons. The lowest BCUT2D eigenvalue weighted by molar-refractivity contribution is 0.669. The van der Waals surface area contributed by atoms with E-state index in [1.54, 1.807) is 0 Å². The smallest absolute Gasteiger partial charge is 0.136 e. The van der Waals surface area contributed by atoms with E-state index in [4.69, 9.17) is 4.42 Å². The average Bonchev–Trinajstić information content (AvgIpc) is 3.73. The minimum absolute atomic E-state index is 0.911. The number of aromatic nitrogens is 1. The first-order chi connectivity index (χ1) is 25.3. The summed E-state index contributed by atoms with van der Waals surface area (Å²) in [4.78, 5) is 2.33. The molecule has 0 aliphatic rings. The summed E-state index contributed by atoms with van der Waals surface area (Å²) >= 11 is 0. The molecule has 3 nitrogen and oxygen atoms in total. The summed E-state index contributed by atoms with van der Waals surface area (Å²) in [6, 6.07) is 69.2. The molecule has 2 aromatic heterocycles. The van der Waals surface area contributed by atoms with Crippen LogP contribution in [0.2, 0.25) is 0 Å². The standard InChI is InChI=1S/C48H32N2O/c1-3-11-33(12-4-1)35-19-23-37(24-20-35)49(38-25-21-36(22-26-38)34-13-5-2-6-14-34)39-27-29-40(30-28-39)50-45-17-9-7-15-41(45)43-32-48-44(31-46(43)50)42-16-8-10-18-47(42)51-48/h1-32H. The van der Waals surface area contributed by atoms with Crippen LogP contribution in [0.4, 0.5) is 17.1 Å². The van der Waals surface area contributed by atoms with Crippen molar-refractivity contribution in [1.29, 1.82) is 0 Å². The second-order valence-corrected chi connectivity index (χ2v) is 13.0. The SMILES string of the molecule is c1ccc(-c2ccc(N(c3ccc(-c4ccccc4)cc3)c3ccc(-n4c5ccccc5c5cc6oc7ccccc7c6cc54)cc3)cc2)cc1. The van der Waals surface area contributed by atoms with Crippen molar-refractivity contribution in [3.63, 3.8) is 0 Å². The fraction of sp³-hybridized carbons (Fsp3) is 0. The summed E-state index contributed by atoms with van der Waals surface area (Å²) in [6.45, 7) is 0. The van der Waals surface area contributed by atoms with E-state index in [1.165, 1.54) is 38.5 Å². The highest BCUT2D eigenvalue weighted by molar-refractivity contribution is 6.17. The van der Waals surface area contributed by atoms with Crippen LogP contribution in [0.25, 0.3) is 71.7 Å². The third kappa shape index (κ3) is 4.98. The lowest BCUT2D eigenvalue weighted by atomic mass is 10.0. The van der Waals surface area contributed by atoms with E-state index in [1.807, 2.05) is 12.1 Å². The first-order valence-electron chi connectivity index (χ1n) is 17.3. The highest BCUT2D eigenvalue weighted by Crippen LogP contribution is 2.40. The number of nitrogens with zero attached hydrogens (tertiary/aromatic N) is 2. The van der Waals surface area contributed by atoms with Gasteiger partial charge in [0, 0.05) is 44.3 Å². The number of benzene rings is 8. The summed E-state index contributed by atoms with van der Waals surface area (Å²) in [6.07, 6.45) is 0. The van der Waals surface area contributed by atoms with Gasteiger partial charge in [0.1, 0.15) is 11.2 Å². The van der Waals surface area contributed by atoms with Crippen molar-refractivity contribution >= 4 is 60.8 Å². The summed E-state index contributed by atoms with van der Waals surface area (Å²) in [5.74, 6) is 0. The van der Waals surface area contributed by atoms with Crippen LogP contribution in [0.3, 0.4) is 0 Å². The van der Waals surface area contributed by atoms with Gasteiger partial charge in [-0.25, -0.2) is 0 Å². The summed E-state index contributed by atoms with van der Waals surface area (Å²) in [5, 5.41) is 4.65. The zero-order chi connectivity index (χ0) is 33.7. The van der Waals surface area contributed by atoms with Gasteiger partial charge < -0.3 is 13.9 Å². The molecular formula is C48H32N2O. The summed E-state index contributed by atoms with van der Waals surface area (Å²) in [7, 11) is 0. The molecule has 0 unspecified atom stereocenters. The monoisotopic (exact) mass is 652 g/mol. The van der Waals surface area contributed by atoms with E-state index in [2.05, 4.69) is 191 Å². The Morgan fingerprint density at radius 3 is 1.43 bits per heavy atom. The Balaban J connectivity index is 1.10. The maximum absolute atomic E-state index is 6.30. The Hall–Kier alpha value is -6.84. The van der Waals surface area contributed by atoms with Crippen LogP contribution in [0.15, 0.2) is 199 Å². The topological polar surface area (TPSA) is 21.3 Å². The van der Waals surface area contributed by atoms with Gasteiger partial charge in [0.2, 0.25) is 0 Å². The Labute approximate surface area is 295 Å². The molecule has 51 heavy (non-hydrogen) atoms. The fourth-order valence-corrected chi connectivity index (χ4v) is 7.53. The first-order valence-corrected chi connectivity index (χ1v) is 17.3. The zero-order valence-corrected chi connectivity index (χ0v) is 27.8. The van der Waals surface area contributed by atoms with E-state index in [0.29, 0.717) is 0 Å². The molecule has 0 N–H and O–H groups in total. The molecule has 10 aromatic rings. The quantitative estimate of drug-likeness (QED) is 0.178. The van der Waals surface area contributed by atoms with Gasteiger partial charge in [-0.3, -0.25) is 0 Å². The molecule has 0 saturated heterocycles. The van der Waals surface area contributed by atoms with Crippen molar-refractivity contribution in [2.45, 2.75) is 0 Å². The maximum Gasteiger partial charge on any atom is 0.136 e. The van der Waals surface area contributed by atoms with Gasteiger partial charge in [0.05, 0.1) is 11.0 Å². The second-order valence-electron chi connectivity index (χ2n) is 13.0. The molecular weight excluding hydrogens is 621 g/mol. The molecule has 0 aliphatic heterocycles. The van der Waals surface area contributed by atoms with Crippen molar-refractivity contribution in [3.05, 3.63) is 194 Å². The Kier molecular flexibility index (Phi) is 6.81. The fourth-order valence-electron chi connectivity index (χ4n) is 7.53. The highest BCUT2D eigenvalue weighted by Gasteiger charge is 2.18. The number of hydrogen-bond donors (Lipinski definition) is 0. The van der Waals surface area contributed by atoms with Gasteiger partial charge in [-0.1, -0.05) is 121 Å². The van der Waals surface area contributed by atoms with Gasteiger partial charge in [-0.15, -0.1) is 0 Å². The first kappa shape index (κ1) is 29.1. The molecule has 0 bridgehead atoms. The van der Waals surface area contributed by atoms with E-state index >= 15 is 0 Å². The molecule has 2 heterocycles. The maximum atomic E-state index is 6.30. The number of rotatable bonds is 6. The van der Waals surface area contributed by atoms with Crippen LogP contribution < -0.4 is 4.90 Å². The van der Waals surface area contributed by atoms with Gasteiger partial charge in [-0.2, -0.15) is 0 Å². The number of hydrogen-bond acceptors (Lipinski definition) is 2. The van der Waals surface area contributed by atoms with Crippen molar-refractivity contribution in [1.82, 2.24) is 4.57 Å². The van der Waals surface area contributed by atoms with Crippen LogP contribution >= 0.6 is 0 Å². The van der Waals surface area contributed by atoms with Crippen LogP contribution in [0, 0.1) is 0 Å². The van der Waals surface area contributed by atoms with E-state index in [9.17, 15) is 0 Å². The minimum Gasteiger partial charge on any atom is -0.456 e. The summed E-state index contributed by atoms with van der Waals surface area (Å²) in [5.41, 5.74) is 13.3. The molecule has 0 amide bonds. The molecule has 0 fully saturated rings. The van der Waals surface area contributed by atoms with Crippen molar-refractivity contribution < 1.29 is 4.42 Å². The van der Waals surface area contributed by atoms with E-state index in [-0.39, 0.29) is 0 Å². The molecule has 8 aromatic carbocycles. The molecule has 10 rings (SSSR count). The lowest BCUT2D eigenvalue weighted by Gasteiger charge is -2.26. The number of furan rings is 1. The Bertz CT molecular complexity index is 2730.